The van der Waals surface area contributed by atoms with Crippen LogP contribution in [0.25, 0.3) is 33.0 Å². The average Bonchev–Trinajstić information content (AvgIpc) is 3.08. The SMILES string of the molecule is Cc1ccc2ccc3ccc(-c4ccco4)c4c3c2[n+]1CS4. The molecule has 0 atom stereocenters. The molecule has 0 N–H and O–H groups in total. The van der Waals surface area contributed by atoms with E-state index in [-0.39, 0.29) is 0 Å². The van der Waals surface area contributed by atoms with Crippen LogP contribution in [0.3, 0.4) is 0 Å². The van der Waals surface area contributed by atoms with Crippen LogP contribution in [0.1, 0.15) is 5.69 Å². The third-order valence-corrected chi connectivity index (χ3v) is 5.57. The van der Waals surface area contributed by atoms with Gasteiger partial charge in [0.05, 0.1) is 11.6 Å². The van der Waals surface area contributed by atoms with Gasteiger partial charge in [0.25, 0.3) is 0 Å². The first-order chi connectivity index (χ1) is 10.8. The molecule has 3 heteroatoms. The van der Waals surface area contributed by atoms with Crippen LogP contribution in [0, 0.1) is 6.92 Å². The van der Waals surface area contributed by atoms with E-state index in [4.69, 9.17) is 4.42 Å². The Bertz CT molecular complexity index is 1030. The smallest absolute Gasteiger partial charge is 0.222 e. The Labute approximate surface area is 132 Å². The zero-order chi connectivity index (χ0) is 14.7. The molecule has 1 aliphatic rings. The van der Waals surface area contributed by atoms with Crippen LogP contribution in [0.15, 0.2) is 64.1 Å². The molecule has 0 saturated heterocycles. The van der Waals surface area contributed by atoms with Crippen LogP contribution in [0.5, 0.6) is 0 Å². The number of furan rings is 1. The molecular weight excluding hydrogens is 290 g/mol. The molecule has 0 aliphatic carbocycles. The average molecular weight is 304 g/mol. The van der Waals surface area contributed by atoms with E-state index in [1.165, 1.54) is 37.8 Å². The quantitative estimate of drug-likeness (QED) is 0.367. The first-order valence-corrected chi connectivity index (χ1v) is 8.37. The second-order valence-corrected chi connectivity index (χ2v) is 6.65. The van der Waals surface area contributed by atoms with Crippen molar-refractivity contribution >= 4 is 33.4 Å². The lowest BCUT2D eigenvalue weighted by molar-refractivity contribution is -0.655. The zero-order valence-electron chi connectivity index (χ0n) is 12.2. The Hall–Kier alpha value is -2.26. The summed E-state index contributed by atoms with van der Waals surface area (Å²) in [5.41, 5.74) is 3.85. The van der Waals surface area contributed by atoms with Crippen LogP contribution >= 0.6 is 11.8 Å². The lowest BCUT2D eigenvalue weighted by atomic mass is 10.0. The number of rotatable bonds is 1. The Morgan fingerprint density at radius 2 is 1.82 bits per heavy atom. The summed E-state index contributed by atoms with van der Waals surface area (Å²) in [6, 6.07) is 17.2. The molecule has 1 aliphatic heterocycles. The van der Waals surface area contributed by atoms with Crippen molar-refractivity contribution in [2.75, 3.05) is 0 Å². The molecule has 22 heavy (non-hydrogen) atoms. The molecule has 0 bridgehead atoms. The highest BCUT2D eigenvalue weighted by Gasteiger charge is 2.26. The van der Waals surface area contributed by atoms with Crippen molar-refractivity contribution in [1.29, 1.82) is 0 Å². The van der Waals surface area contributed by atoms with Gasteiger partial charge in [0, 0.05) is 28.8 Å². The van der Waals surface area contributed by atoms with Crippen molar-refractivity contribution in [3.05, 3.63) is 60.5 Å². The summed E-state index contributed by atoms with van der Waals surface area (Å²) in [5, 5.41) is 3.95. The summed E-state index contributed by atoms with van der Waals surface area (Å²) < 4.78 is 8.07. The predicted molar refractivity (Wildman–Crippen MR) is 89.9 cm³/mol. The van der Waals surface area contributed by atoms with Crippen LogP contribution in [-0.4, -0.2) is 0 Å². The number of nitrogens with zero attached hydrogens (tertiary/aromatic N) is 1. The maximum absolute atomic E-state index is 5.65. The fourth-order valence-electron chi connectivity index (χ4n) is 3.36. The Morgan fingerprint density at radius 1 is 1.00 bits per heavy atom. The molecule has 0 radical (unpaired) electrons. The van der Waals surface area contributed by atoms with E-state index in [9.17, 15) is 0 Å². The third-order valence-electron chi connectivity index (χ3n) is 4.47. The summed E-state index contributed by atoms with van der Waals surface area (Å²) >= 11 is 1.90. The summed E-state index contributed by atoms with van der Waals surface area (Å²) in [6.07, 6.45) is 1.74. The summed E-state index contributed by atoms with van der Waals surface area (Å²) in [4.78, 5) is 1.34. The highest BCUT2D eigenvalue weighted by atomic mass is 32.2. The van der Waals surface area contributed by atoms with Crippen molar-refractivity contribution in [3.63, 3.8) is 0 Å². The van der Waals surface area contributed by atoms with Gasteiger partial charge < -0.3 is 4.42 Å². The Morgan fingerprint density at radius 3 is 2.68 bits per heavy atom. The fraction of sp³-hybridized carbons (Fsp3) is 0.105. The van der Waals surface area contributed by atoms with Gasteiger partial charge in [-0.15, -0.1) is 0 Å². The second-order valence-electron chi connectivity index (χ2n) is 5.70. The monoisotopic (exact) mass is 304 g/mol. The largest absolute Gasteiger partial charge is 0.464 e. The van der Waals surface area contributed by atoms with Gasteiger partial charge in [0.2, 0.25) is 5.52 Å². The zero-order valence-corrected chi connectivity index (χ0v) is 13.0. The first kappa shape index (κ1) is 12.3. The standard InChI is InChI=1S/C19H14NOS/c1-12-4-5-14-7-6-13-8-9-15(16-3-2-10-21-16)19-17(13)18(14)20(12)11-22-19/h2-10H,11H2,1H3/q+1. The predicted octanol–water partition coefficient (Wildman–Crippen LogP) is 4.91. The number of aromatic nitrogens is 1. The number of hydrogen-bond donors (Lipinski definition) is 0. The number of aryl methyl sites for hydroxylation is 1. The van der Waals surface area contributed by atoms with Crippen LogP contribution in [0.4, 0.5) is 0 Å². The van der Waals surface area contributed by atoms with E-state index < -0.39 is 0 Å². The number of hydrogen-bond acceptors (Lipinski definition) is 2. The molecule has 0 unspecified atom stereocenters. The number of pyridine rings is 1. The van der Waals surface area contributed by atoms with Crippen molar-refractivity contribution in [2.45, 2.75) is 17.7 Å². The highest BCUT2D eigenvalue weighted by Crippen LogP contribution is 2.42. The van der Waals surface area contributed by atoms with Crippen LogP contribution in [0.2, 0.25) is 0 Å². The molecule has 106 valence electrons. The van der Waals surface area contributed by atoms with Gasteiger partial charge in [-0.2, -0.15) is 4.57 Å². The topological polar surface area (TPSA) is 17.0 Å². The van der Waals surface area contributed by atoms with E-state index in [0.29, 0.717) is 0 Å². The molecule has 0 amide bonds. The normalized spacial score (nSPS) is 13.3. The van der Waals surface area contributed by atoms with Gasteiger partial charge in [0.1, 0.15) is 5.76 Å². The minimum absolute atomic E-state index is 0.947. The van der Waals surface area contributed by atoms with Crippen LogP contribution in [-0.2, 0) is 5.88 Å². The Kier molecular flexibility index (Phi) is 2.44. The highest BCUT2D eigenvalue weighted by molar-refractivity contribution is 7.98. The number of thioether (sulfide) groups is 1. The van der Waals surface area contributed by atoms with Crippen molar-refractivity contribution in [3.8, 4) is 11.3 Å². The second kappa shape index (κ2) is 4.37. The first-order valence-electron chi connectivity index (χ1n) is 7.38. The van der Waals surface area contributed by atoms with Crippen LogP contribution < -0.4 is 4.57 Å². The van der Waals surface area contributed by atoms with E-state index in [0.717, 1.165) is 11.6 Å². The third kappa shape index (κ3) is 1.54. The molecule has 5 rings (SSSR count). The van der Waals surface area contributed by atoms with Gasteiger partial charge in [-0.05, 0) is 35.7 Å². The Balaban J connectivity index is 2.01. The summed E-state index contributed by atoms with van der Waals surface area (Å²) in [7, 11) is 0. The molecule has 0 saturated carbocycles. The van der Waals surface area contributed by atoms with Gasteiger partial charge in [-0.3, -0.25) is 0 Å². The van der Waals surface area contributed by atoms with Gasteiger partial charge in [-0.25, -0.2) is 0 Å². The van der Waals surface area contributed by atoms with E-state index in [1.807, 2.05) is 23.9 Å². The molecule has 3 heterocycles. The summed E-state index contributed by atoms with van der Waals surface area (Å²) in [5.74, 6) is 1.90. The molecule has 2 aromatic carbocycles. The van der Waals surface area contributed by atoms with Gasteiger partial charge in [-0.1, -0.05) is 23.9 Å². The van der Waals surface area contributed by atoms with Crippen molar-refractivity contribution in [1.82, 2.24) is 0 Å². The van der Waals surface area contributed by atoms with Crippen molar-refractivity contribution in [2.24, 2.45) is 0 Å². The molecule has 2 aromatic heterocycles. The lowest BCUT2D eigenvalue weighted by Crippen LogP contribution is -2.38. The van der Waals surface area contributed by atoms with Crippen molar-refractivity contribution < 1.29 is 8.98 Å². The molecular formula is C19H14NOS+. The lowest BCUT2D eigenvalue weighted by Gasteiger charge is -2.17. The molecule has 4 aromatic rings. The van der Waals surface area contributed by atoms with Gasteiger partial charge in [0.15, 0.2) is 11.6 Å². The maximum atomic E-state index is 5.65. The molecule has 0 fully saturated rings. The number of benzene rings is 2. The molecule has 2 nitrogen and oxygen atoms in total. The van der Waals surface area contributed by atoms with E-state index in [1.54, 1.807) is 6.26 Å². The minimum atomic E-state index is 0.947. The maximum Gasteiger partial charge on any atom is 0.222 e. The molecule has 0 spiro atoms. The minimum Gasteiger partial charge on any atom is -0.464 e. The summed E-state index contributed by atoms with van der Waals surface area (Å²) in [6.45, 7) is 2.18. The van der Waals surface area contributed by atoms with Gasteiger partial charge >= 0.3 is 0 Å². The van der Waals surface area contributed by atoms with E-state index in [2.05, 4.69) is 47.9 Å². The fourth-order valence-corrected chi connectivity index (χ4v) is 4.63. The van der Waals surface area contributed by atoms with E-state index >= 15 is 0 Å².